The standard InChI is InChI=1S/C15H17N3O2S/c19-14(8-11-4-7-21-10-11)18-6-1-2-12(9-18)13-3-5-16-15(20)17-13/h3-5,7,10,12H,1-2,6,8-9H2,(H,16,17,20)/t12-/m0/s1. The SMILES string of the molecule is O=C(Cc1ccsc1)N1CCC[C@H](c2ccnc(=O)[nH]2)C1. The van der Waals surface area contributed by atoms with E-state index < -0.39 is 0 Å². The van der Waals surface area contributed by atoms with Gasteiger partial charge in [-0.2, -0.15) is 11.3 Å². The highest BCUT2D eigenvalue weighted by atomic mass is 32.1. The first kappa shape index (κ1) is 14.0. The molecule has 1 aliphatic rings. The van der Waals surface area contributed by atoms with E-state index in [4.69, 9.17) is 0 Å². The minimum absolute atomic E-state index is 0.162. The summed E-state index contributed by atoms with van der Waals surface area (Å²) >= 11 is 1.61. The lowest BCUT2D eigenvalue weighted by Gasteiger charge is -2.32. The summed E-state index contributed by atoms with van der Waals surface area (Å²) in [5.41, 5.74) is 1.63. The van der Waals surface area contributed by atoms with Gasteiger partial charge in [-0.15, -0.1) is 0 Å². The van der Waals surface area contributed by atoms with Crippen molar-refractivity contribution in [2.24, 2.45) is 0 Å². The molecular weight excluding hydrogens is 286 g/mol. The fraction of sp³-hybridized carbons (Fsp3) is 0.400. The number of H-pyrrole nitrogens is 1. The number of nitrogens with zero attached hydrogens (tertiary/aromatic N) is 2. The average molecular weight is 303 g/mol. The van der Waals surface area contributed by atoms with Gasteiger partial charge in [-0.05, 0) is 41.3 Å². The number of carbonyl (C=O) groups excluding carboxylic acids is 1. The first-order valence-corrected chi connectivity index (χ1v) is 8.01. The van der Waals surface area contributed by atoms with Crippen LogP contribution in [0.25, 0.3) is 0 Å². The Hall–Kier alpha value is -1.95. The van der Waals surface area contributed by atoms with Crippen LogP contribution in [0.4, 0.5) is 0 Å². The van der Waals surface area contributed by atoms with Gasteiger partial charge < -0.3 is 9.88 Å². The van der Waals surface area contributed by atoms with Crippen molar-refractivity contribution >= 4 is 17.2 Å². The van der Waals surface area contributed by atoms with Gasteiger partial charge in [0.25, 0.3) is 0 Å². The minimum Gasteiger partial charge on any atom is -0.342 e. The Morgan fingerprint density at radius 3 is 3.14 bits per heavy atom. The fourth-order valence-corrected chi connectivity index (χ4v) is 3.43. The molecule has 0 aromatic carbocycles. The van der Waals surface area contributed by atoms with Crippen LogP contribution in [0.5, 0.6) is 0 Å². The van der Waals surface area contributed by atoms with Gasteiger partial charge in [0, 0.05) is 30.9 Å². The molecule has 110 valence electrons. The summed E-state index contributed by atoms with van der Waals surface area (Å²) in [4.78, 5) is 32.0. The van der Waals surface area contributed by atoms with Crippen molar-refractivity contribution in [2.75, 3.05) is 13.1 Å². The third kappa shape index (κ3) is 3.39. The number of rotatable bonds is 3. The lowest BCUT2D eigenvalue weighted by atomic mass is 9.94. The van der Waals surface area contributed by atoms with Crippen molar-refractivity contribution in [3.63, 3.8) is 0 Å². The van der Waals surface area contributed by atoms with E-state index in [9.17, 15) is 9.59 Å². The molecule has 21 heavy (non-hydrogen) atoms. The summed E-state index contributed by atoms with van der Waals surface area (Å²) in [5, 5.41) is 4.00. The van der Waals surface area contributed by atoms with Gasteiger partial charge in [0.05, 0.1) is 6.42 Å². The molecule has 2 aromatic rings. The molecule has 1 aliphatic heterocycles. The molecule has 1 N–H and O–H groups in total. The lowest BCUT2D eigenvalue weighted by molar-refractivity contribution is -0.131. The van der Waals surface area contributed by atoms with Crippen LogP contribution in [0.15, 0.2) is 33.9 Å². The summed E-state index contributed by atoms with van der Waals surface area (Å²) in [7, 11) is 0. The zero-order valence-corrected chi connectivity index (χ0v) is 12.4. The Kier molecular flexibility index (Phi) is 4.15. The number of likely N-dealkylation sites (tertiary alicyclic amines) is 1. The Morgan fingerprint density at radius 1 is 1.48 bits per heavy atom. The van der Waals surface area contributed by atoms with Crippen molar-refractivity contribution < 1.29 is 4.79 Å². The minimum atomic E-state index is -0.325. The van der Waals surface area contributed by atoms with E-state index in [0.29, 0.717) is 13.0 Å². The topological polar surface area (TPSA) is 66.1 Å². The monoisotopic (exact) mass is 303 g/mol. The van der Waals surface area contributed by atoms with Crippen molar-refractivity contribution in [3.8, 4) is 0 Å². The number of thiophene rings is 1. The summed E-state index contributed by atoms with van der Waals surface area (Å²) in [6.45, 7) is 1.47. The van der Waals surface area contributed by atoms with Gasteiger partial charge in [-0.25, -0.2) is 9.78 Å². The van der Waals surface area contributed by atoms with Gasteiger partial charge in [-0.1, -0.05) is 0 Å². The van der Waals surface area contributed by atoms with Crippen LogP contribution in [0.2, 0.25) is 0 Å². The van der Waals surface area contributed by atoms with Crippen molar-refractivity contribution in [3.05, 3.63) is 50.8 Å². The zero-order chi connectivity index (χ0) is 14.7. The predicted molar refractivity (Wildman–Crippen MR) is 81.4 cm³/mol. The third-order valence-corrected chi connectivity index (χ3v) is 4.58. The molecule has 0 spiro atoms. The quantitative estimate of drug-likeness (QED) is 0.940. The molecule has 2 aromatic heterocycles. The Labute approximate surface area is 126 Å². The van der Waals surface area contributed by atoms with Gasteiger partial charge >= 0.3 is 5.69 Å². The molecule has 3 heterocycles. The first-order valence-electron chi connectivity index (χ1n) is 7.06. The van der Waals surface area contributed by atoms with Crippen LogP contribution in [-0.2, 0) is 11.2 Å². The summed E-state index contributed by atoms with van der Waals surface area (Å²) in [5.74, 6) is 0.357. The van der Waals surface area contributed by atoms with Gasteiger partial charge in [-0.3, -0.25) is 4.79 Å². The Balaban J connectivity index is 1.68. The molecule has 6 heteroatoms. The maximum atomic E-state index is 12.4. The van der Waals surface area contributed by atoms with Crippen LogP contribution in [0, 0.1) is 0 Å². The predicted octanol–water partition coefficient (Wildman–Crippen LogP) is 1.78. The van der Waals surface area contributed by atoms with Crippen LogP contribution >= 0.6 is 11.3 Å². The Bertz CT molecular complexity index is 666. The zero-order valence-electron chi connectivity index (χ0n) is 11.6. The molecule has 5 nitrogen and oxygen atoms in total. The highest BCUT2D eigenvalue weighted by molar-refractivity contribution is 7.07. The van der Waals surface area contributed by atoms with Crippen molar-refractivity contribution in [1.82, 2.24) is 14.9 Å². The second kappa shape index (κ2) is 6.22. The number of nitrogens with one attached hydrogen (secondary N) is 1. The summed E-state index contributed by atoms with van der Waals surface area (Å²) in [6.07, 6.45) is 3.94. The smallest absolute Gasteiger partial charge is 0.342 e. The number of aromatic nitrogens is 2. The maximum absolute atomic E-state index is 12.4. The van der Waals surface area contributed by atoms with Crippen LogP contribution in [-0.4, -0.2) is 33.9 Å². The second-order valence-electron chi connectivity index (χ2n) is 5.32. The van der Waals surface area contributed by atoms with E-state index in [-0.39, 0.29) is 17.5 Å². The molecule has 0 bridgehead atoms. The largest absolute Gasteiger partial charge is 0.345 e. The number of hydrogen-bond acceptors (Lipinski definition) is 4. The molecule has 1 fully saturated rings. The lowest BCUT2D eigenvalue weighted by Crippen LogP contribution is -2.40. The summed E-state index contributed by atoms with van der Waals surface area (Å²) in [6, 6.07) is 3.82. The van der Waals surface area contributed by atoms with E-state index in [0.717, 1.165) is 30.6 Å². The first-order chi connectivity index (χ1) is 10.2. The molecule has 1 atom stereocenters. The fourth-order valence-electron chi connectivity index (χ4n) is 2.76. The van der Waals surface area contributed by atoms with Gasteiger partial charge in [0.15, 0.2) is 0 Å². The van der Waals surface area contributed by atoms with E-state index in [2.05, 4.69) is 9.97 Å². The van der Waals surface area contributed by atoms with Crippen molar-refractivity contribution in [2.45, 2.75) is 25.2 Å². The number of carbonyl (C=O) groups is 1. The molecular formula is C15H17N3O2S. The maximum Gasteiger partial charge on any atom is 0.345 e. The second-order valence-corrected chi connectivity index (χ2v) is 6.10. The van der Waals surface area contributed by atoms with Gasteiger partial charge in [0.1, 0.15) is 0 Å². The highest BCUT2D eigenvalue weighted by Gasteiger charge is 2.25. The molecule has 1 amide bonds. The number of piperidine rings is 1. The molecule has 0 saturated carbocycles. The van der Waals surface area contributed by atoms with E-state index in [1.54, 1.807) is 11.3 Å². The molecule has 0 aliphatic carbocycles. The van der Waals surface area contributed by atoms with Crippen LogP contribution in [0.3, 0.4) is 0 Å². The molecule has 0 unspecified atom stereocenters. The van der Waals surface area contributed by atoms with Crippen LogP contribution in [0.1, 0.15) is 30.0 Å². The molecule has 3 rings (SSSR count). The number of aromatic amines is 1. The van der Waals surface area contributed by atoms with E-state index >= 15 is 0 Å². The van der Waals surface area contributed by atoms with E-state index in [1.807, 2.05) is 27.8 Å². The summed E-state index contributed by atoms with van der Waals surface area (Å²) < 4.78 is 0. The Morgan fingerprint density at radius 2 is 2.38 bits per heavy atom. The third-order valence-electron chi connectivity index (χ3n) is 3.85. The normalized spacial score (nSPS) is 18.7. The van der Waals surface area contributed by atoms with Crippen molar-refractivity contribution in [1.29, 1.82) is 0 Å². The molecule has 1 saturated heterocycles. The number of amides is 1. The average Bonchev–Trinajstić information content (AvgIpc) is 3.00. The van der Waals surface area contributed by atoms with E-state index in [1.165, 1.54) is 6.20 Å². The highest BCUT2D eigenvalue weighted by Crippen LogP contribution is 2.25. The van der Waals surface area contributed by atoms with Crippen LogP contribution < -0.4 is 5.69 Å². The van der Waals surface area contributed by atoms with Gasteiger partial charge in [0.2, 0.25) is 5.91 Å². The number of hydrogen-bond donors (Lipinski definition) is 1. The molecule has 0 radical (unpaired) electrons.